The number of amides is 5. The summed E-state index contributed by atoms with van der Waals surface area (Å²) in [7, 11) is 0. The molecule has 1 unspecified atom stereocenters. The predicted octanol–water partition coefficient (Wildman–Crippen LogP) is 4.52. The molecular weight excluding hydrogens is 734 g/mol. The van der Waals surface area contributed by atoms with Gasteiger partial charge >= 0.3 is 0 Å². The van der Waals surface area contributed by atoms with Crippen LogP contribution in [0.1, 0.15) is 88.0 Å². The number of carbonyl (C=O) groups excluding carboxylic acids is 5. The number of ether oxygens (including phenoxy) is 1. The van der Waals surface area contributed by atoms with Gasteiger partial charge in [-0.1, -0.05) is 11.6 Å². The van der Waals surface area contributed by atoms with Crippen molar-refractivity contribution < 1.29 is 28.7 Å². The van der Waals surface area contributed by atoms with Gasteiger partial charge in [-0.3, -0.25) is 39.1 Å². The van der Waals surface area contributed by atoms with E-state index < -0.39 is 29.7 Å². The number of piperidine rings is 2. The number of hydrogen-bond donors (Lipinski definition) is 2. The average molecular weight is 778 g/mol. The zero-order valence-electron chi connectivity index (χ0n) is 31.0. The van der Waals surface area contributed by atoms with Gasteiger partial charge in [0.05, 0.1) is 27.8 Å². The highest BCUT2D eigenvalue weighted by Crippen LogP contribution is 2.32. The van der Waals surface area contributed by atoms with Crippen molar-refractivity contribution >= 4 is 52.5 Å². The Morgan fingerprint density at radius 2 is 1.45 bits per heavy atom. The maximum Gasteiger partial charge on any atom is 0.262 e. The minimum atomic E-state index is -0.975. The van der Waals surface area contributed by atoms with Crippen LogP contribution in [0.5, 0.6) is 5.75 Å². The number of nitrogens with zero attached hydrogens (tertiary/aromatic N) is 5. The molecule has 4 aliphatic heterocycles. The molecule has 3 aromatic carbocycles. The Morgan fingerprint density at radius 3 is 2.12 bits per heavy atom. The number of piperazine rings is 1. The molecule has 5 aliphatic rings. The van der Waals surface area contributed by atoms with Gasteiger partial charge in [-0.15, -0.1) is 0 Å². The normalized spacial score (nSPS) is 23.4. The highest BCUT2D eigenvalue weighted by Gasteiger charge is 2.45. The number of halogens is 1. The van der Waals surface area contributed by atoms with Gasteiger partial charge in [0.2, 0.25) is 11.8 Å². The van der Waals surface area contributed by atoms with Crippen molar-refractivity contribution in [2.45, 2.75) is 75.6 Å². The van der Waals surface area contributed by atoms with Crippen molar-refractivity contribution in [1.29, 1.82) is 5.26 Å². The van der Waals surface area contributed by atoms with E-state index in [-0.39, 0.29) is 30.9 Å². The quantitative estimate of drug-likeness (QED) is 0.312. The summed E-state index contributed by atoms with van der Waals surface area (Å²) in [4.78, 5) is 71.8. The minimum absolute atomic E-state index is 0.0423. The minimum Gasteiger partial charge on any atom is -0.490 e. The Labute approximate surface area is 330 Å². The molecular formula is C42H44ClN7O6. The van der Waals surface area contributed by atoms with E-state index in [0.29, 0.717) is 39.1 Å². The third kappa shape index (κ3) is 7.68. The van der Waals surface area contributed by atoms with Crippen molar-refractivity contribution in [3.63, 3.8) is 0 Å². The summed E-state index contributed by atoms with van der Waals surface area (Å²) in [6.45, 7) is 5.24. The molecule has 14 heteroatoms. The molecule has 4 heterocycles. The molecule has 290 valence electrons. The third-order valence-electron chi connectivity index (χ3n) is 12.0. The zero-order valence-corrected chi connectivity index (χ0v) is 31.8. The van der Waals surface area contributed by atoms with Crippen LogP contribution in [0.4, 0.5) is 11.4 Å². The number of nitrogens with one attached hydrogen (secondary N) is 2. The number of benzene rings is 3. The van der Waals surface area contributed by atoms with Crippen molar-refractivity contribution in [2.24, 2.45) is 0 Å². The van der Waals surface area contributed by atoms with Gasteiger partial charge in [-0.05, 0) is 99.5 Å². The van der Waals surface area contributed by atoms with Crippen LogP contribution in [0.15, 0.2) is 60.7 Å². The van der Waals surface area contributed by atoms with Crippen LogP contribution in [0.25, 0.3) is 0 Å². The fourth-order valence-electron chi connectivity index (χ4n) is 8.76. The molecule has 0 spiro atoms. The molecule has 3 aromatic rings. The molecule has 5 amide bonds. The van der Waals surface area contributed by atoms with E-state index in [1.807, 2.05) is 30.3 Å². The lowest BCUT2D eigenvalue weighted by molar-refractivity contribution is -0.136. The second kappa shape index (κ2) is 16.0. The molecule has 1 atom stereocenters. The monoisotopic (exact) mass is 777 g/mol. The van der Waals surface area contributed by atoms with Crippen LogP contribution in [0.2, 0.25) is 5.02 Å². The van der Waals surface area contributed by atoms with Crippen molar-refractivity contribution in [3.05, 3.63) is 87.9 Å². The second-order valence-corrected chi connectivity index (χ2v) is 15.7. The summed E-state index contributed by atoms with van der Waals surface area (Å²) >= 11 is 6.15. The molecule has 3 saturated heterocycles. The van der Waals surface area contributed by atoms with Crippen LogP contribution in [-0.4, -0.2) is 103 Å². The van der Waals surface area contributed by atoms with Crippen molar-refractivity contribution in [1.82, 2.24) is 20.4 Å². The maximum absolute atomic E-state index is 13.3. The van der Waals surface area contributed by atoms with Crippen LogP contribution >= 0.6 is 11.6 Å². The molecule has 56 heavy (non-hydrogen) atoms. The third-order valence-corrected chi connectivity index (χ3v) is 12.3. The molecule has 0 radical (unpaired) electrons. The summed E-state index contributed by atoms with van der Waals surface area (Å²) in [6.07, 6.45) is 5.64. The fraction of sp³-hybridized carbons (Fsp3) is 0.429. The predicted molar refractivity (Wildman–Crippen MR) is 209 cm³/mol. The molecule has 13 nitrogen and oxygen atoms in total. The first-order chi connectivity index (χ1) is 27.1. The SMILES string of the molecule is N#Cc1ccc(OC2CCC(NC(=O)c3ccc(N4CCC(N5CCN(c6ccc7c(c6)C(=O)N(C6CCC(=O)NC6=O)C7=O)CC5)CC4)cc3)CC2)cc1Cl. The number of rotatable bonds is 8. The Morgan fingerprint density at radius 1 is 0.768 bits per heavy atom. The van der Waals surface area contributed by atoms with Gasteiger partial charge in [0.1, 0.15) is 17.9 Å². The standard InChI is InChI=1S/C42H44ClN7O6/c43-36-24-33(9-3-27(36)25-44)56-32-10-4-28(5-11-32)45-39(52)26-1-6-29(7-2-26)47-17-15-30(16-18-47)48-19-21-49(22-20-48)31-8-12-34-35(23-31)42(55)50(41(34)54)37-13-14-38(51)46-40(37)53/h1-3,6-9,12,23-24,28,30,32,37H,4-5,10-11,13-22H2,(H,45,52)(H,46,51,53). The highest BCUT2D eigenvalue weighted by atomic mass is 35.5. The van der Waals surface area contributed by atoms with Crippen LogP contribution in [0.3, 0.4) is 0 Å². The molecule has 0 aromatic heterocycles. The lowest BCUT2D eigenvalue weighted by Crippen LogP contribution is -2.54. The van der Waals surface area contributed by atoms with E-state index in [2.05, 4.69) is 31.4 Å². The van der Waals surface area contributed by atoms with E-state index in [4.69, 9.17) is 21.6 Å². The van der Waals surface area contributed by atoms with E-state index >= 15 is 0 Å². The fourth-order valence-corrected chi connectivity index (χ4v) is 8.97. The molecule has 4 fully saturated rings. The Hall–Kier alpha value is -5.45. The first-order valence-corrected chi connectivity index (χ1v) is 19.9. The van der Waals surface area contributed by atoms with Gasteiger partial charge in [0, 0.05) is 80.8 Å². The summed E-state index contributed by atoms with van der Waals surface area (Å²) in [6, 6.07) is 20.0. The van der Waals surface area contributed by atoms with Gasteiger partial charge in [0.15, 0.2) is 0 Å². The lowest BCUT2D eigenvalue weighted by Gasteiger charge is -2.44. The first-order valence-electron chi connectivity index (χ1n) is 19.5. The maximum atomic E-state index is 13.3. The van der Waals surface area contributed by atoms with Crippen molar-refractivity contribution in [2.75, 3.05) is 49.1 Å². The summed E-state index contributed by atoms with van der Waals surface area (Å²) in [5.41, 5.74) is 3.67. The van der Waals surface area contributed by atoms with Gasteiger partial charge in [0.25, 0.3) is 17.7 Å². The van der Waals surface area contributed by atoms with Crippen molar-refractivity contribution in [3.8, 4) is 11.8 Å². The summed E-state index contributed by atoms with van der Waals surface area (Å²) in [5, 5.41) is 14.9. The molecule has 1 aliphatic carbocycles. The van der Waals surface area contributed by atoms with Gasteiger partial charge in [-0.2, -0.15) is 5.26 Å². The van der Waals surface area contributed by atoms with E-state index in [1.54, 1.807) is 30.3 Å². The number of anilines is 2. The number of fused-ring (bicyclic) bond motifs is 1. The van der Waals surface area contributed by atoms with Gasteiger partial charge < -0.3 is 19.9 Å². The number of hydrogen-bond acceptors (Lipinski definition) is 10. The number of nitriles is 1. The first kappa shape index (κ1) is 37.5. The smallest absolute Gasteiger partial charge is 0.262 e. The van der Waals surface area contributed by atoms with E-state index in [1.165, 1.54) is 0 Å². The number of carbonyl (C=O) groups is 5. The number of imide groups is 2. The largest absolute Gasteiger partial charge is 0.490 e. The topological polar surface area (TPSA) is 155 Å². The molecule has 1 saturated carbocycles. The Balaban J connectivity index is 0.772. The van der Waals surface area contributed by atoms with Crippen LogP contribution in [-0.2, 0) is 9.59 Å². The molecule has 0 bridgehead atoms. The summed E-state index contributed by atoms with van der Waals surface area (Å²) < 4.78 is 6.10. The van der Waals surface area contributed by atoms with Crippen LogP contribution < -0.4 is 25.2 Å². The second-order valence-electron chi connectivity index (χ2n) is 15.3. The highest BCUT2D eigenvalue weighted by molar-refractivity contribution is 6.31. The van der Waals surface area contributed by atoms with Gasteiger partial charge in [-0.25, -0.2) is 0 Å². The lowest BCUT2D eigenvalue weighted by atomic mass is 9.92. The van der Waals surface area contributed by atoms with Crippen LogP contribution in [0, 0.1) is 11.3 Å². The molecule has 8 rings (SSSR count). The Kier molecular flexibility index (Phi) is 10.7. The summed E-state index contributed by atoms with van der Waals surface area (Å²) in [5.74, 6) is -1.39. The molecule has 2 N–H and O–H groups in total. The Bertz CT molecular complexity index is 2080. The van der Waals surface area contributed by atoms with E-state index in [0.717, 1.165) is 94.1 Å². The zero-order chi connectivity index (χ0) is 38.9. The average Bonchev–Trinajstić information content (AvgIpc) is 3.46. The van der Waals surface area contributed by atoms with E-state index in [9.17, 15) is 24.0 Å².